The number of aromatic nitrogens is 5. The zero-order valence-electron chi connectivity index (χ0n) is 22.8. The third-order valence-corrected chi connectivity index (χ3v) is 6.89. The van der Waals surface area contributed by atoms with E-state index in [-0.39, 0.29) is 19.1 Å². The SMILES string of the molecule is CC1c2cnc(-c3ncccn3)nc2CCN1c1cc(N2CCN(C(=O)OC(C)(C)C)C(C(=O)O)C2)cc(F)n1. The molecule has 1 fully saturated rings. The molecule has 0 bridgehead atoms. The number of hydrogen-bond acceptors (Lipinski definition) is 10. The fourth-order valence-corrected chi connectivity index (χ4v) is 4.97. The Labute approximate surface area is 230 Å². The monoisotopic (exact) mass is 550 g/mol. The van der Waals surface area contributed by atoms with E-state index in [2.05, 4.69) is 24.9 Å². The van der Waals surface area contributed by atoms with Crippen LogP contribution in [0.5, 0.6) is 0 Å². The number of pyridine rings is 1. The Morgan fingerprint density at radius 2 is 1.80 bits per heavy atom. The van der Waals surface area contributed by atoms with Crippen molar-refractivity contribution in [2.45, 2.75) is 51.8 Å². The summed E-state index contributed by atoms with van der Waals surface area (Å²) in [7, 11) is 0. The molecule has 1 saturated heterocycles. The number of halogens is 1. The molecule has 3 aromatic heterocycles. The topological polar surface area (TPSA) is 138 Å². The fourth-order valence-electron chi connectivity index (χ4n) is 4.97. The van der Waals surface area contributed by atoms with E-state index in [1.165, 1.54) is 11.0 Å². The van der Waals surface area contributed by atoms with Crippen LogP contribution in [0.15, 0.2) is 36.8 Å². The van der Waals surface area contributed by atoms with Crippen LogP contribution in [-0.4, -0.2) is 84.8 Å². The Balaban J connectivity index is 1.36. The molecule has 40 heavy (non-hydrogen) atoms. The maximum atomic E-state index is 14.8. The second-order valence-corrected chi connectivity index (χ2v) is 10.8. The summed E-state index contributed by atoms with van der Waals surface area (Å²) < 4.78 is 20.2. The molecule has 210 valence electrons. The van der Waals surface area contributed by atoms with Gasteiger partial charge in [-0.15, -0.1) is 0 Å². The molecule has 5 heterocycles. The van der Waals surface area contributed by atoms with Gasteiger partial charge in [0.15, 0.2) is 11.6 Å². The summed E-state index contributed by atoms with van der Waals surface area (Å²) >= 11 is 0. The van der Waals surface area contributed by atoms with Crippen molar-refractivity contribution in [1.82, 2.24) is 29.8 Å². The highest BCUT2D eigenvalue weighted by atomic mass is 19.1. The Morgan fingerprint density at radius 3 is 2.50 bits per heavy atom. The second-order valence-electron chi connectivity index (χ2n) is 10.8. The molecule has 5 rings (SSSR count). The first-order valence-corrected chi connectivity index (χ1v) is 13.0. The van der Waals surface area contributed by atoms with Crippen molar-refractivity contribution < 1.29 is 23.8 Å². The van der Waals surface area contributed by atoms with Crippen molar-refractivity contribution in [3.05, 3.63) is 54.0 Å². The van der Waals surface area contributed by atoms with E-state index in [0.29, 0.717) is 42.7 Å². The third-order valence-electron chi connectivity index (χ3n) is 6.89. The molecule has 0 aliphatic carbocycles. The largest absolute Gasteiger partial charge is 0.480 e. The molecule has 1 amide bonds. The molecule has 2 atom stereocenters. The number of carbonyl (C=O) groups is 2. The van der Waals surface area contributed by atoms with Gasteiger partial charge in [-0.25, -0.2) is 34.5 Å². The van der Waals surface area contributed by atoms with Gasteiger partial charge in [-0.2, -0.15) is 4.39 Å². The number of carboxylic acid groups (broad SMARTS) is 1. The standard InChI is InChI=1S/C27H31FN8O4/c1-16-18-14-31-24(23-29-7-5-8-30-23)32-19(18)6-9-35(16)22-13-17(12-21(28)33-22)34-10-11-36(20(15-34)25(37)38)26(39)40-27(2,3)4/h5,7-8,12-14,16,20H,6,9-11,15H2,1-4H3,(H,37,38). The first-order valence-electron chi connectivity index (χ1n) is 13.0. The van der Waals surface area contributed by atoms with Gasteiger partial charge in [-0.1, -0.05) is 0 Å². The number of amides is 1. The van der Waals surface area contributed by atoms with Gasteiger partial charge in [0, 0.05) is 74.6 Å². The lowest BCUT2D eigenvalue weighted by molar-refractivity contribution is -0.143. The molecule has 0 aromatic carbocycles. The lowest BCUT2D eigenvalue weighted by atomic mass is 9.99. The molecule has 2 aliphatic heterocycles. The maximum Gasteiger partial charge on any atom is 0.411 e. The van der Waals surface area contributed by atoms with Crippen LogP contribution in [0, 0.1) is 5.95 Å². The third kappa shape index (κ3) is 5.63. The van der Waals surface area contributed by atoms with Gasteiger partial charge in [-0.3, -0.25) is 4.90 Å². The van der Waals surface area contributed by atoms with Crippen LogP contribution in [0.4, 0.5) is 20.7 Å². The average Bonchev–Trinajstić information content (AvgIpc) is 2.92. The molecule has 12 nitrogen and oxygen atoms in total. The van der Waals surface area contributed by atoms with Crippen molar-refractivity contribution in [2.75, 3.05) is 36.0 Å². The van der Waals surface area contributed by atoms with Gasteiger partial charge in [0.2, 0.25) is 5.95 Å². The number of piperazine rings is 1. The highest BCUT2D eigenvalue weighted by molar-refractivity contribution is 5.81. The van der Waals surface area contributed by atoms with Crippen LogP contribution in [0.1, 0.15) is 45.0 Å². The molecule has 0 saturated carbocycles. The first-order chi connectivity index (χ1) is 19.0. The number of rotatable bonds is 4. The molecular weight excluding hydrogens is 519 g/mol. The van der Waals surface area contributed by atoms with E-state index in [1.807, 2.05) is 11.8 Å². The average molecular weight is 551 g/mol. The fraction of sp³-hybridized carbons (Fsp3) is 0.444. The van der Waals surface area contributed by atoms with E-state index in [4.69, 9.17) is 4.74 Å². The van der Waals surface area contributed by atoms with Crippen molar-refractivity contribution in [3.8, 4) is 11.6 Å². The van der Waals surface area contributed by atoms with E-state index in [9.17, 15) is 19.1 Å². The highest BCUT2D eigenvalue weighted by Gasteiger charge is 2.38. The number of fused-ring (bicyclic) bond motifs is 1. The van der Waals surface area contributed by atoms with Crippen LogP contribution in [-0.2, 0) is 16.0 Å². The van der Waals surface area contributed by atoms with Gasteiger partial charge in [0.25, 0.3) is 0 Å². The summed E-state index contributed by atoms with van der Waals surface area (Å²) in [5, 5.41) is 9.86. The minimum atomic E-state index is -1.16. The van der Waals surface area contributed by atoms with Crippen LogP contribution in [0.2, 0.25) is 0 Å². The van der Waals surface area contributed by atoms with Crippen LogP contribution in [0.3, 0.4) is 0 Å². The second kappa shape index (κ2) is 10.6. The summed E-state index contributed by atoms with van der Waals surface area (Å²) in [4.78, 5) is 51.4. The number of aliphatic carboxylic acids is 1. The normalized spacial score (nSPS) is 19.3. The van der Waals surface area contributed by atoms with Crippen LogP contribution < -0.4 is 9.80 Å². The van der Waals surface area contributed by atoms with E-state index in [1.54, 1.807) is 56.4 Å². The maximum absolute atomic E-state index is 14.8. The molecule has 3 aromatic rings. The molecule has 0 radical (unpaired) electrons. The van der Waals surface area contributed by atoms with Gasteiger partial charge in [-0.05, 0) is 33.8 Å². The lowest BCUT2D eigenvalue weighted by Gasteiger charge is -2.41. The van der Waals surface area contributed by atoms with Gasteiger partial charge in [0.05, 0.1) is 11.7 Å². The smallest absolute Gasteiger partial charge is 0.411 e. The zero-order chi connectivity index (χ0) is 28.6. The summed E-state index contributed by atoms with van der Waals surface area (Å²) in [6.07, 6.45) is 4.92. The number of ether oxygens (including phenoxy) is 1. The molecule has 13 heteroatoms. The van der Waals surface area contributed by atoms with Crippen LogP contribution in [0.25, 0.3) is 11.6 Å². The number of hydrogen-bond donors (Lipinski definition) is 1. The summed E-state index contributed by atoms with van der Waals surface area (Å²) in [6.45, 7) is 8.09. The predicted octanol–water partition coefficient (Wildman–Crippen LogP) is 3.10. The molecule has 1 N–H and O–H groups in total. The Morgan fingerprint density at radius 1 is 1.05 bits per heavy atom. The number of carbonyl (C=O) groups excluding carboxylic acids is 1. The van der Waals surface area contributed by atoms with E-state index in [0.717, 1.165) is 11.3 Å². The van der Waals surface area contributed by atoms with Gasteiger partial charge >= 0.3 is 12.1 Å². The Kier molecular flexibility index (Phi) is 7.21. The van der Waals surface area contributed by atoms with Crippen molar-refractivity contribution in [2.24, 2.45) is 0 Å². The molecule has 0 spiro atoms. The lowest BCUT2D eigenvalue weighted by Crippen LogP contribution is -2.59. The number of anilines is 2. The van der Waals surface area contributed by atoms with E-state index >= 15 is 0 Å². The van der Waals surface area contributed by atoms with Crippen molar-refractivity contribution >= 4 is 23.6 Å². The number of nitrogens with zero attached hydrogens (tertiary/aromatic N) is 8. The molecule has 2 unspecified atom stereocenters. The molecule has 2 aliphatic rings. The summed E-state index contributed by atoms with van der Waals surface area (Å²) in [5.74, 6) is -0.524. The van der Waals surface area contributed by atoms with Crippen LogP contribution >= 0.6 is 0 Å². The zero-order valence-corrected chi connectivity index (χ0v) is 22.8. The van der Waals surface area contributed by atoms with Crippen molar-refractivity contribution in [3.63, 3.8) is 0 Å². The summed E-state index contributed by atoms with van der Waals surface area (Å²) in [5.41, 5.74) is 1.51. The highest BCUT2D eigenvalue weighted by Crippen LogP contribution is 2.34. The summed E-state index contributed by atoms with van der Waals surface area (Å²) in [6, 6.07) is 3.42. The number of carboxylic acids is 1. The quantitative estimate of drug-likeness (QED) is 0.480. The van der Waals surface area contributed by atoms with E-state index < -0.39 is 29.7 Å². The molecular formula is C27H31FN8O4. The first kappa shape index (κ1) is 27.2. The minimum absolute atomic E-state index is 0.0198. The predicted molar refractivity (Wildman–Crippen MR) is 143 cm³/mol. The van der Waals surface area contributed by atoms with Gasteiger partial charge < -0.3 is 19.6 Å². The minimum Gasteiger partial charge on any atom is -0.480 e. The Bertz CT molecular complexity index is 1420. The Hall–Kier alpha value is -4.42. The van der Waals surface area contributed by atoms with Crippen molar-refractivity contribution in [1.29, 1.82) is 0 Å². The van der Waals surface area contributed by atoms with Gasteiger partial charge in [0.1, 0.15) is 17.5 Å².